The first-order valence-corrected chi connectivity index (χ1v) is 9.40. The SMILES string of the molecule is C[C@@]1(c2cccc3ccccc23)NC(=O)N(CCOc2cccc([N+](=O)[O-])c2)C1=O. The maximum absolute atomic E-state index is 13.2. The molecule has 30 heavy (non-hydrogen) atoms. The second-order valence-electron chi connectivity index (χ2n) is 7.14. The van der Waals surface area contributed by atoms with Gasteiger partial charge in [-0.15, -0.1) is 0 Å². The van der Waals surface area contributed by atoms with Crippen LogP contribution in [0.25, 0.3) is 10.8 Å². The topological polar surface area (TPSA) is 102 Å². The molecule has 0 aromatic heterocycles. The number of urea groups is 1. The highest BCUT2D eigenvalue weighted by Crippen LogP contribution is 2.33. The molecule has 152 valence electrons. The standard InChI is InChI=1S/C22H19N3O5/c1-22(19-11-4-7-15-6-2-3-10-18(15)19)20(26)24(21(27)23-22)12-13-30-17-9-5-8-16(14-17)25(28)29/h2-11,14H,12-13H2,1H3,(H,23,27)/t22-/m0/s1. The van der Waals surface area contributed by atoms with E-state index >= 15 is 0 Å². The Labute approximate surface area is 172 Å². The molecule has 1 N–H and O–H groups in total. The van der Waals surface area contributed by atoms with Crippen LogP contribution in [0.5, 0.6) is 5.75 Å². The van der Waals surface area contributed by atoms with Crippen molar-refractivity contribution in [2.75, 3.05) is 13.2 Å². The van der Waals surface area contributed by atoms with E-state index in [0.717, 1.165) is 21.2 Å². The molecule has 4 rings (SSSR count). The van der Waals surface area contributed by atoms with Gasteiger partial charge in [0.25, 0.3) is 11.6 Å². The van der Waals surface area contributed by atoms with Gasteiger partial charge in [0.2, 0.25) is 0 Å². The fraction of sp³-hybridized carbons (Fsp3) is 0.182. The van der Waals surface area contributed by atoms with Gasteiger partial charge < -0.3 is 10.1 Å². The molecule has 1 heterocycles. The van der Waals surface area contributed by atoms with Crippen LogP contribution in [0.2, 0.25) is 0 Å². The molecule has 0 saturated carbocycles. The number of fused-ring (bicyclic) bond motifs is 1. The zero-order valence-corrected chi connectivity index (χ0v) is 16.2. The Hall–Kier alpha value is -3.94. The molecule has 3 aromatic carbocycles. The van der Waals surface area contributed by atoms with Crippen LogP contribution >= 0.6 is 0 Å². The van der Waals surface area contributed by atoms with Crippen LogP contribution in [0.3, 0.4) is 0 Å². The highest BCUT2D eigenvalue weighted by Gasteiger charge is 2.49. The van der Waals surface area contributed by atoms with Crippen molar-refractivity contribution in [2.24, 2.45) is 0 Å². The first-order valence-electron chi connectivity index (χ1n) is 9.40. The molecule has 1 fully saturated rings. The number of nitro groups is 1. The molecule has 8 nitrogen and oxygen atoms in total. The van der Waals surface area contributed by atoms with E-state index in [4.69, 9.17) is 4.74 Å². The molecule has 1 atom stereocenters. The second-order valence-corrected chi connectivity index (χ2v) is 7.14. The number of nitrogens with zero attached hydrogens (tertiary/aromatic N) is 2. The van der Waals surface area contributed by atoms with Crippen LogP contribution in [-0.4, -0.2) is 34.9 Å². The van der Waals surface area contributed by atoms with Crippen LogP contribution in [-0.2, 0) is 10.3 Å². The summed E-state index contributed by atoms with van der Waals surface area (Å²) in [6.07, 6.45) is 0. The van der Waals surface area contributed by atoms with Gasteiger partial charge in [-0.25, -0.2) is 4.79 Å². The molecular weight excluding hydrogens is 386 g/mol. The summed E-state index contributed by atoms with van der Waals surface area (Å²) in [5, 5.41) is 15.5. The highest BCUT2D eigenvalue weighted by atomic mass is 16.6. The lowest BCUT2D eigenvalue weighted by molar-refractivity contribution is -0.384. The van der Waals surface area contributed by atoms with Crippen LogP contribution in [0.1, 0.15) is 12.5 Å². The number of non-ortho nitro benzene ring substituents is 1. The van der Waals surface area contributed by atoms with E-state index < -0.39 is 16.5 Å². The van der Waals surface area contributed by atoms with Crippen molar-refractivity contribution in [3.05, 3.63) is 82.4 Å². The number of amides is 3. The molecule has 0 radical (unpaired) electrons. The smallest absolute Gasteiger partial charge is 0.325 e. The van der Waals surface area contributed by atoms with E-state index in [9.17, 15) is 19.7 Å². The van der Waals surface area contributed by atoms with Crippen molar-refractivity contribution in [3.63, 3.8) is 0 Å². The summed E-state index contributed by atoms with van der Waals surface area (Å²) >= 11 is 0. The lowest BCUT2D eigenvalue weighted by Crippen LogP contribution is -2.41. The van der Waals surface area contributed by atoms with E-state index in [1.54, 1.807) is 13.0 Å². The third-order valence-corrected chi connectivity index (χ3v) is 5.22. The number of nitrogens with one attached hydrogen (secondary N) is 1. The first-order chi connectivity index (χ1) is 14.4. The maximum atomic E-state index is 13.2. The number of benzene rings is 3. The molecule has 1 aliphatic heterocycles. The fourth-order valence-electron chi connectivity index (χ4n) is 3.69. The predicted molar refractivity (Wildman–Crippen MR) is 110 cm³/mol. The third-order valence-electron chi connectivity index (χ3n) is 5.22. The Morgan fingerprint density at radius 2 is 1.80 bits per heavy atom. The molecule has 3 amide bonds. The number of carbonyl (C=O) groups is 2. The summed E-state index contributed by atoms with van der Waals surface area (Å²) < 4.78 is 5.52. The summed E-state index contributed by atoms with van der Waals surface area (Å²) in [5.41, 5.74) is -0.559. The summed E-state index contributed by atoms with van der Waals surface area (Å²) in [4.78, 5) is 37.2. The van der Waals surface area contributed by atoms with Gasteiger partial charge in [-0.3, -0.25) is 19.8 Å². The predicted octanol–water partition coefficient (Wildman–Crippen LogP) is 3.59. The highest BCUT2D eigenvalue weighted by molar-refractivity contribution is 6.09. The number of nitro benzene ring substituents is 1. The lowest BCUT2D eigenvalue weighted by atomic mass is 9.88. The van der Waals surface area contributed by atoms with Crippen molar-refractivity contribution < 1.29 is 19.2 Å². The van der Waals surface area contributed by atoms with Crippen LogP contribution in [0.4, 0.5) is 10.5 Å². The van der Waals surface area contributed by atoms with Gasteiger partial charge in [-0.1, -0.05) is 48.5 Å². The van der Waals surface area contributed by atoms with Gasteiger partial charge in [0.15, 0.2) is 0 Å². The first kappa shape index (κ1) is 19.4. The number of carbonyl (C=O) groups excluding carboxylic acids is 2. The quantitative estimate of drug-likeness (QED) is 0.384. The molecule has 0 aliphatic carbocycles. The van der Waals surface area contributed by atoms with Crippen LogP contribution in [0, 0.1) is 10.1 Å². The third kappa shape index (κ3) is 3.32. The van der Waals surface area contributed by atoms with E-state index in [1.807, 2.05) is 42.5 Å². The number of ether oxygens (including phenoxy) is 1. The molecule has 0 unspecified atom stereocenters. The van der Waals surface area contributed by atoms with Crippen LogP contribution < -0.4 is 10.1 Å². The molecule has 0 spiro atoms. The summed E-state index contributed by atoms with van der Waals surface area (Å²) in [6, 6.07) is 18.6. The number of hydrogen-bond acceptors (Lipinski definition) is 5. The maximum Gasteiger partial charge on any atom is 0.325 e. The largest absolute Gasteiger partial charge is 0.491 e. The Morgan fingerprint density at radius 1 is 1.07 bits per heavy atom. The Morgan fingerprint density at radius 3 is 2.60 bits per heavy atom. The summed E-state index contributed by atoms with van der Waals surface area (Å²) in [7, 11) is 0. The van der Waals surface area contributed by atoms with Gasteiger partial charge in [-0.2, -0.15) is 0 Å². The van der Waals surface area contributed by atoms with Gasteiger partial charge >= 0.3 is 6.03 Å². The minimum absolute atomic E-state index is 0.0198. The lowest BCUT2D eigenvalue weighted by Gasteiger charge is -2.24. The minimum atomic E-state index is -1.19. The molecule has 0 bridgehead atoms. The van der Waals surface area contributed by atoms with E-state index in [-0.39, 0.29) is 24.7 Å². The molecule has 1 saturated heterocycles. The number of rotatable bonds is 6. The van der Waals surface area contributed by atoms with Crippen molar-refractivity contribution in [1.29, 1.82) is 0 Å². The zero-order valence-electron chi connectivity index (χ0n) is 16.2. The Bertz CT molecular complexity index is 1160. The van der Waals surface area contributed by atoms with Crippen molar-refractivity contribution >= 4 is 28.4 Å². The minimum Gasteiger partial charge on any atom is -0.491 e. The normalized spacial score (nSPS) is 18.5. The molecule has 1 aliphatic rings. The van der Waals surface area contributed by atoms with E-state index in [2.05, 4.69) is 5.32 Å². The average Bonchev–Trinajstić information content (AvgIpc) is 2.97. The summed E-state index contributed by atoms with van der Waals surface area (Å²) in [6.45, 7) is 1.73. The fourth-order valence-corrected chi connectivity index (χ4v) is 3.69. The average molecular weight is 405 g/mol. The van der Waals surface area contributed by atoms with Crippen molar-refractivity contribution in [3.8, 4) is 5.75 Å². The molecule has 8 heteroatoms. The van der Waals surface area contributed by atoms with E-state index in [0.29, 0.717) is 5.75 Å². The zero-order chi connectivity index (χ0) is 21.3. The summed E-state index contributed by atoms with van der Waals surface area (Å²) in [5.74, 6) is -0.0698. The van der Waals surface area contributed by atoms with Gasteiger partial charge in [-0.05, 0) is 29.3 Å². The van der Waals surface area contributed by atoms with Gasteiger partial charge in [0.05, 0.1) is 17.5 Å². The van der Waals surface area contributed by atoms with Crippen molar-refractivity contribution in [1.82, 2.24) is 10.2 Å². The molecule has 3 aromatic rings. The van der Waals surface area contributed by atoms with Crippen molar-refractivity contribution in [2.45, 2.75) is 12.5 Å². The Balaban J connectivity index is 1.51. The molecular formula is C22H19N3O5. The van der Waals surface area contributed by atoms with Gasteiger partial charge in [0.1, 0.15) is 17.9 Å². The number of imide groups is 1. The van der Waals surface area contributed by atoms with E-state index in [1.165, 1.54) is 18.2 Å². The van der Waals surface area contributed by atoms with Gasteiger partial charge in [0, 0.05) is 6.07 Å². The Kier molecular flexibility index (Phi) is 4.83. The second kappa shape index (κ2) is 7.47. The monoisotopic (exact) mass is 405 g/mol. The van der Waals surface area contributed by atoms with Crippen LogP contribution in [0.15, 0.2) is 66.7 Å². The number of hydrogen-bond donors (Lipinski definition) is 1.